The molecule has 0 aliphatic carbocycles. The van der Waals surface area contributed by atoms with E-state index >= 15 is 0 Å². The minimum atomic E-state index is 0. The molecule has 8 nitrogen and oxygen atoms in total. The highest BCUT2D eigenvalue weighted by molar-refractivity contribution is 6.07. The molecule has 190 valence electrons. The van der Waals surface area contributed by atoms with Gasteiger partial charge in [0, 0.05) is 74.7 Å². The van der Waals surface area contributed by atoms with E-state index in [0.29, 0.717) is 18.7 Å². The smallest absolute Gasteiger partial charge is 0.254 e. The molecule has 1 aliphatic heterocycles. The molecule has 3 aromatic heterocycles. The van der Waals surface area contributed by atoms with Crippen molar-refractivity contribution in [2.75, 3.05) is 26.2 Å². The second-order valence-electron chi connectivity index (χ2n) is 9.22. The SMILES string of the molecule is CCn1cc(CN2CCN(C(=O)c3cc(-c4cn(CC)nc4C)nc4ccccc34)CC2)c(C)n1.Cl. The average molecular weight is 508 g/mol. The molecule has 1 aromatic carbocycles. The molecule has 0 bridgehead atoms. The van der Waals surface area contributed by atoms with E-state index in [9.17, 15) is 4.79 Å². The van der Waals surface area contributed by atoms with Crippen molar-refractivity contribution >= 4 is 29.2 Å². The number of hydrogen-bond acceptors (Lipinski definition) is 5. The summed E-state index contributed by atoms with van der Waals surface area (Å²) in [6.45, 7) is 13.9. The quantitative estimate of drug-likeness (QED) is 0.388. The lowest BCUT2D eigenvalue weighted by molar-refractivity contribution is 0.0630. The van der Waals surface area contributed by atoms with Gasteiger partial charge in [-0.05, 0) is 39.8 Å². The third-order valence-electron chi connectivity index (χ3n) is 6.92. The van der Waals surface area contributed by atoms with Gasteiger partial charge in [0.15, 0.2) is 0 Å². The molecular weight excluding hydrogens is 474 g/mol. The number of rotatable bonds is 6. The van der Waals surface area contributed by atoms with Gasteiger partial charge in [-0.3, -0.25) is 19.1 Å². The molecule has 4 aromatic rings. The Labute approximate surface area is 218 Å². The number of piperazine rings is 1. The molecule has 0 radical (unpaired) electrons. The second-order valence-corrected chi connectivity index (χ2v) is 9.22. The average Bonchev–Trinajstić information content (AvgIpc) is 3.44. The van der Waals surface area contributed by atoms with Crippen LogP contribution in [0.2, 0.25) is 0 Å². The molecular formula is C27H34ClN7O. The maximum atomic E-state index is 13.8. The molecule has 0 atom stereocenters. The summed E-state index contributed by atoms with van der Waals surface area (Å²) in [5.41, 5.74) is 6.58. The highest BCUT2D eigenvalue weighted by atomic mass is 35.5. The lowest BCUT2D eigenvalue weighted by Gasteiger charge is -2.35. The fraction of sp³-hybridized carbons (Fsp3) is 0.407. The maximum absolute atomic E-state index is 13.8. The van der Waals surface area contributed by atoms with Gasteiger partial charge in [-0.2, -0.15) is 10.2 Å². The van der Waals surface area contributed by atoms with Crippen molar-refractivity contribution in [2.45, 2.75) is 47.3 Å². The molecule has 1 amide bonds. The number of nitrogens with zero attached hydrogens (tertiary/aromatic N) is 7. The number of amides is 1. The highest BCUT2D eigenvalue weighted by Crippen LogP contribution is 2.28. The topological polar surface area (TPSA) is 72.1 Å². The minimum Gasteiger partial charge on any atom is -0.336 e. The molecule has 1 saturated heterocycles. The summed E-state index contributed by atoms with van der Waals surface area (Å²) >= 11 is 0. The Morgan fingerprint density at radius 2 is 1.58 bits per heavy atom. The largest absolute Gasteiger partial charge is 0.336 e. The predicted octanol–water partition coefficient (Wildman–Crippen LogP) is 4.33. The van der Waals surface area contributed by atoms with E-state index in [1.54, 1.807) is 0 Å². The van der Waals surface area contributed by atoms with E-state index in [2.05, 4.69) is 42.1 Å². The van der Waals surface area contributed by atoms with Crippen LogP contribution in [-0.2, 0) is 19.6 Å². The Hall–Kier alpha value is -3.23. The van der Waals surface area contributed by atoms with Gasteiger partial charge in [-0.25, -0.2) is 4.98 Å². The first kappa shape index (κ1) is 25.9. The standard InChI is InChI=1S/C27H33N7O.ClH/c1-5-33-17-21(19(3)29-33)16-31-11-13-32(14-12-31)27(35)23-15-26(24-18-34(6-2)30-20(24)4)28-25-10-8-7-9-22(23)25;/h7-10,15,17-18H,5-6,11-14,16H2,1-4H3;1H. The molecule has 0 saturated carbocycles. The molecule has 5 rings (SSSR count). The van der Waals surface area contributed by atoms with Crippen LogP contribution in [0.5, 0.6) is 0 Å². The number of fused-ring (bicyclic) bond motifs is 1. The summed E-state index contributed by atoms with van der Waals surface area (Å²) in [6.07, 6.45) is 4.16. The van der Waals surface area contributed by atoms with Gasteiger partial charge in [0.2, 0.25) is 0 Å². The number of para-hydroxylation sites is 1. The summed E-state index contributed by atoms with van der Waals surface area (Å²) in [6, 6.07) is 9.86. The van der Waals surface area contributed by atoms with Crippen molar-refractivity contribution in [1.29, 1.82) is 0 Å². The van der Waals surface area contributed by atoms with Crippen LogP contribution in [0.3, 0.4) is 0 Å². The molecule has 4 heterocycles. The Kier molecular flexibility index (Phi) is 7.76. The van der Waals surface area contributed by atoms with Gasteiger partial charge in [0.1, 0.15) is 0 Å². The molecule has 36 heavy (non-hydrogen) atoms. The zero-order valence-corrected chi connectivity index (χ0v) is 22.3. The summed E-state index contributed by atoms with van der Waals surface area (Å²) in [4.78, 5) is 23.0. The first-order valence-corrected chi connectivity index (χ1v) is 12.5. The van der Waals surface area contributed by atoms with Crippen molar-refractivity contribution in [1.82, 2.24) is 34.3 Å². The molecule has 1 fully saturated rings. The van der Waals surface area contributed by atoms with Crippen LogP contribution in [0.1, 0.15) is 41.2 Å². The van der Waals surface area contributed by atoms with Gasteiger partial charge in [0.25, 0.3) is 5.91 Å². The molecule has 0 spiro atoms. The van der Waals surface area contributed by atoms with Crippen LogP contribution < -0.4 is 0 Å². The highest BCUT2D eigenvalue weighted by Gasteiger charge is 2.25. The Morgan fingerprint density at radius 3 is 2.25 bits per heavy atom. The number of aryl methyl sites for hydroxylation is 4. The molecule has 0 N–H and O–H groups in total. The summed E-state index contributed by atoms with van der Waals surface area (Å²) in [5, 5.41) is 10.0. The number of halogens is 1. The zero-order valence-electron chi connectivity index (χ0n) is 21.4. The van der Waals surface area contributed by atoms with Crippen LogP contribution in [0, 0.1) is 13.8 Å². The van der Waals surface area contributed by atoms with Crippen molar-refractivity contribution in [3.05, 3.63) is 65.2 Å². The molecule has 1 aliphatic rings. The molecule has 9 heteroatoms. The van der Waals surface area contributed by atoms with E-state index in [-0.39, 0.29) is 18.3 Å². The van der Waals surface area contributed by atoms with Crippen LogP contribution >= 0.6 is 12.4 Å². The van der Waals surface area contributed by atoms with Crippen molar-refractivity contribution in [3.63, 3.8) is 0 Å². The van der Waals surface area contributed by atoms with Crippen molar-refractivity contribution in [3.8, 4) is 11.3 Å². The summed E-state index contributed by atoms with van der Waals surface area (Å²) in [5.74, 6) is 0.0695. The van der Waals surface area contributed by atoms with Crippen molar-refractivity contribution in [2.24, 2.45) is 0 Å². The van der Waals surface area contributed by atoms with Gasteiger partial charge >= 0.3 is 0 Å². The van der Waals surface area contributed by atoms with E-state index < -0.39 is 0 Å². The van der Waals surface area contributed by atoms with Crippen LogP contribution in [-0.4, -0.2) is 66.4 Å². The van der Waals surface area contributed by atoms with Gasteiger partial charge in [-0.1, -0.05) is 18.2 Å². The summed E-state index contributed by atoms with van der Waals surface area (Å²) in [7, 11) is 0. The Morgan fingerprint density at radius 1 is 0.917 bits per heavy atom. The number of hydrogen-bond donors (Lipinski definition) is 0. The van der Waals surface area contributed by atoms with E-state index in [4.69, 9.17) is 4.98 Å². The van der Waals surface area contributed by atoms with Crippen LogP contribution in [0.15, 0.2) is 42.7 Å². The van der Waals surface area contributed by atoms with Crippen molar-refractivity contribution < 1.29 is 4.79 Å². The third kappa shape index (κ3) is 5.01. The fourth-order valence-electron chi connectivity index (χ4n) is 4.82. The third-order valence-corrected chi connectivity index (χ3v) is 6.92. The minimum absolute atomic E-state index is 0. The fourth-order valence-corrected chi connectivity index (χ4v) is 4.82. The Balaban J connectivity index is 0.00000304. The number of benzene rings is 1. The normalized spacial score (nSPS) is 14.3. The van der Waals surface area contributed by atoms with Crippen LogP contribution in [0.25, 0.3) is 22.2 Å². The maximum Gasteiger partial charge on any atom is 0.254 e. The zero-order chi connectivity index (χ0) is 24.5. The van der Waals surface area contributed by atoms with Gasteiger partial charge in [0.05, 0.1) is 28.2 Å². The van der Waals surface area contributed by atoms with E-state index in [0.717, 1.165) is 66.3 Å². The Bertz CT molecular complexity index is 1370. The number of aromatic nitrogens is 5. The van der Waals surface area contributed by atoms with E-state index in [1.807, 2.05) is 57.7 Å². The first-order chi connectivity index (χ1) is 17.0. The van der Waals surface area contributed by atoms with Gasteiger partial charge < -0.3 is 4.90 Å². The monoisotopic (exact) mass is 507 g/mol. The predicted molar refractivity (Wildman–Crippen MR) is 144 cm³/mol. The number of carbonyl (C=O) groups is 1. The van der Waals surface area contributed by atoms with E-state index in [1.165, 1.54) is 5.56 Å². The van der Waals surface area contributed by atoms with Crippen LogP contribution in [0.4, 0.5) is 0 Å². The lowest BCUT2D eigenvalue weighted by Crippen LogP contribution is -2.48. The number of pyridine rings is 1. The summed E-state index contributed by atoms with van der Waals surface area (Å²) < 4.78 is 3.90. The van der Waals surface area contributed by atoms with Gasteiger partial charge in [-0.15, -0.1) is 12.4 Å². The lowest BCUT2D eigenvalue weighted by atomic mass is 10.0. The number of carbonyl (C=O) groups excluding carboxylic acids is 1. The molecule has 0 unspecified atom stereocenters. The first-order valence-electron chi connectivity index (χ1n) is 12.5. The second kappa shape index (κ2) is 10.8.